The van der Waals surface area contributed by atoms with Gasteiger partial charge in [0, 0.05) is 25.2 Å². The summed E-state index contributed by atoms with van der Waals surface area (Å²) < 4.78 is 35.3. The number of nitrogens with zero attached hydrogens (tertiary/aromatic N) is 5. The Labute approximate surface area is 132 Å². The summed E-state index contributed by atoms with van der Waals surface area (Å²) in [6, 6.07) is 1.89. The van der Waals surface area contributed by atoms with Gasteiger partial charge < -0.3 is 4.98 Å². The number of fused-ring (bicyclic) bond motifs is 3. The molecule has 4 rings (SSSR count). The average Bonchev–Trinajstić information content (AvgIpc) is 3.21. The van der Waals surface area contributed by atoms with E-state index in [1.54, 1.807) is 12.4 Å². The summed E-state index contributed by atoms with van der Waals surface area (Å²) in [7, 11) is -4.20. The number of nitrogens with one attached hydrogen (secondary N) is 1. The van der Waals surface area contributed by atoms with E-state index in [-0.39, 0.29) is 24.9 Å². The number of hydrogen-bond acceptors (Lipinski definition) is 5. The van der Waals surface area contributed by atoms with E-state index < -0.39 is 10.3 Å². The van der Waals surface area contributed by atoms with E-state index in [9.17, 15) is 13.0 Å². The lowest BCUT2D eigenvalue weighted by Crippen LogP contribution is -2.28. The van der Waals surface area contributed by atoms with Crippen molar-refractivity contribution < 1.29 is 13.0 Å². The number of hydrogen-bond donors (Lipinski definition) is 2. The summed E-state index contributed by atoms with van der Waals surface area (Å²) >= 11 is 0. The largest absolute Gasteiger partial charge is 0.345 e. The van der Waals surface area contributed by atoms with Crippen LogP contribution in [0.4, 0.5) is 0 Å². The van der Waals surface area contributed by atoms with E-state index >= 15 is 0 Å². The SMILES string of the molecule is CC[C@@H]1CN(S(=O)(=O)O)C[C@@H]1c1nnc2cnc3[nH]ccc3n12. The normalized spacial score (nSPS) is 23.2. The molecule has 10 heteroatoms. The van der Waals surface area contributed by atoms with Crippen LogP contribution < -0.4 is 0 Å². The molecule has 3 aromatic heterocycles. The molecule has 0 radical (unpaired) electrons. The Hall–Kier alpha value is -2.04. The standard InChI is InChI=1S/C13H16N6O3S/c1-2-8-6-18(23(20,21)22)7-9(8)13-17-16-11-5-15-12-10(19(11)13)3-4-14-12/h3-5,8-9,14H,2,6-7H2,1H3,(H,20,21,22)/t8-,9+/m1/s1. The molecule has 0 aromatic carbocycles. The van der Waals surface area contributed by atoms with Gasteiger partial charge in [-0.05, 0) is 12.0 Å². The minimum absolute atomic E-state index is 0.0754. The molecule has 1 saturated heterocycles. The Bertz CT molecular complexity index is 978. The summed E-state index contributed by atoms with van der Waals surface area (Å²) in [5.74, 6) is 0.647. The first kappa shape index (κ1) is 14.5. The molecule has 2 N–H and O–H groups in total. The summed E-state index contributed by atoms with van der Waals surface area (Å²) in [5.41, 5.74) is 2.19. The van der Waals surface area contributed by atoms with Crippen LogP contribution in [0.1, 0.15) is 25.1 Å². The Morgan fingerprint density at radius 3 is 2.96 bits per heavy atom. The van der Waals surface area contributed by atoms with Gasteiger partial charge in [-0.2, -0.15) is 12.7 Å². The van der Waals surface area contributed by atoms with Crippen molar-refractivity contribution in [2.45, 2.75) is 19.3 Å². The van der Waals surface area contributed by atoms with Crippen molar-refractivity contribution in [3.05, 3.63) is 24.3 Å². The van der Waals surface area contributed by atoms with E-state index in [0.29, 0.717) is 11.5 Å². The third-order valence-corrected chi connectivity index (χ3v) is 5.51. The maximum absolute atomic E-state index is 11.5. The quantitative estimate of drug-likeness (QED) is 0.684. The van der Waals surface area contributed by atoms with Crippen molar-refractivity contribution in [3.8, 4) is 0 Å². The first-order chi connectivity index (χ1) is 11.0. The van der Waals surface area contributed by atoms with Crippen LogP contribution in [0.25, 0.3) is 16.8 Å². The lowest BCUT2D eigenvalue weighted by molar-refractivity contribution is 0.380. The lowest BCUT2D eigenvalue weighted by Gasteiger charge is -2.14. The van der Waals surface area contributed by atoms with Gasteiger partial charge in [0.25, 0.3) is 0 Å². The molecule has 0 amide bonds. The first-order valence-corrected chi connectivity index (χ1v) is 8.78. The zero-order valence-electron chi connectivity index (χ0n) is 12.4. The molecule has 2 atom stereocenters. The predicted molar refractivity (Wildman–Crippen MR) is 82.3 cm³/mol. The summed E-state index contributed by atoms with van der Waals surface area (Å²) in [4.78, 5) is 7.32. The number of aromatic amines is 1. The number of rotatable bonds is 3. The van der Waals surface area contributed by atoms with E-state index in [0.717, 1.165) is 21.9 Å². The van der Waals surface area contributed by atoms with Crippen molar-refractivity contribution in [2.75, 3.05) is 13.1 Å². The molecule has 0 spiro atoms. The number of aromatic nitrogens is 5. The van der Waals surface area contributed by atoms with Crippen molar-refractivity contribution in [1.29, 1.82) is 0 Å². The molecule has 122 valence electrons. The van der Waals surface area contributed by atoms with E-state index in [1.807, 2.05) is 17.4 Å². The fourth-order valence-electron chi connectivity index (χ4n) is 3.36. The second kappa shape index (κ2) is 4.98. The molecule has 0 saturated carbocycles. The van der Waals surface area contributed by atoms with Gasteiger partial charge in [-0.1, -0.05) is 13.3 Å². The fraction of sp³-hybridized carbons (Fsp3) is 0.462. The minimum Gasteiger partial charge on any atom is -0.345 e. The molecule has 3 aromatic rings. The van der Waals surface area contributed by atoms with Crippen LogP contribution in [-0.2, 0) is 10.3 Å². The van der Waals surface area contributed by atoms with E-state index in [2.05, 4.69) is 20.2 Å². The summed E-state index contributed by atoms with van der Waals surface area (Å²) in [6.45, 7) is 2.49. The zero-order valence-corrected chi connectivity index (χ0v) is 13.2. The average molecular weight is 336 g/mol. The molecule has 0 unspecified atom stereocenters. The van der Waals surface area contributed by atoms with Crippen molar-refractivity contribution in [1.82, 2.24) is 28.9 Å². The molecule has 0 bridgehead atoms. The third-order valence-electron chi connectivity index (χ3n) is 4.56. The molecule has 23 heavy (non-hydrogen) atoms. The van der Waals surface area contributed by atoms with Crippen LogP contribution in [0, 0.1) is 5.92 Å². The summed E-state index contributed by atoms with van der Waals surface area (Å²) in [5, 5.41) is 8.43. The number of H-pyrrole nitrogens is 1. The Morgan fingerprint density at radius 1 is 1.39 bits per heavy atom. The first-order valence-electron chi connectivity index (χ1n) is 7.38. The van der Waals surface area contributed by atoms with Gasteiger partial charge in [0.15, 0.2) is 11.3 Å². The molecule has 9 nitrogen and oxygen atoms in total. The molecule has 4 heterocycles. The third kappa shape index (κ3) is 2.21. The van der Waals surface area contributed by atoms with Gasteiger partial charge in [0.2, 0.25) is 0 Å². The maximum atomic E-state index is 11.5. The van der Waals surface area contributed by atoms with Gasteiger partial charge >= 0.3 is 10.3 Å². The zero-order chi connectivity index (χ0) is 16.2. The van der Waals surface area contributed by atoms with E-state index in [4.69, 9.17) is 0 Å². The van der Waals surface area contributed by atoms with Crippen LogP contribution in [0.5, 0.6) is 0 Å². The van der Waals surface area contributed by atoms with Crippen LogP contribution >= 0.6 is 0 Å². The van der Waals surface area contributed by atoms with Gasteiger partial charge in [-0.25, -0.2) is 4.98 Å². The van der Waals surface area contributed by atoms with Crippen molar-refractivity contribution in [3.63, 3.8) is 0 Å². The monoisotopic (exact) mass is 336 g/mol. The smallest absolute Gasteiger partial charge is 0.335 e. The maximum Gasteiger partial charge on any atom is 0.335 e. The molecule has 0 aliphatic carbocycles. The second-order valence-corrected chi connectivity index (χ2v) is 7.20. The molecule has 1 aliphatic rings. The molecular formula is C13H16N6O3S. The fourth-order valence-corrected chi connectivity index (χ4v) is 4.09. The van der Waals surface area contributed by atoms with Crippen molar-refractivity contribution >= 4 is 27.1 Å². The Morgan fingerprint density at radius 2 is 2.22 bits per heavy atom. The van der Waals surface area contributed by atoms with Gasteiger partial charge in [-0.15, -0.1) is 10.2 Å². The Balaban J connectivity index is 1.86. The molecule has 1 fully saturated rings. The van der Waals surface area contributed by atoms with Crippen LogP contribution in [0.15, 0.2) is 18.5 Å². The van der Waals surface area contributed by atoms with Crippen molar-refractivity contribution in [2.24, 2.45) is 5.92 Å². The summed E-state index contributed by atoms with van der Waals surface area (Å²) in [6.07, 6.45) is 4.20. The van der Waals surface area contributed by atoms with Crippen LogP contribution in [-0.4, -0.2) is 54.9 Å². The van der Waals surface area contributed by atoms with Gasteiger partial charge in [0.1, 0.15) is 5.82 Å². The minimum atomic E-state index is -4.20. The predicted octanol–water partition coefficient (Wildman–Crippen LogP) is 0.834. The van der Waals surface area contributed by atoms with Gasteiger partial charge in [0.05, 0.1) is 11.7 Å². The highest BCUT2D eigenvalue weighted by atomic mass is 32.2. The van der Waals surface area contributed by atoms with Gasteiger partial charge in [-0.3, -0.25) is 8.95 Å². The highest BCUT2D eigenvalue weighted by Gasteiger charge is 2.40. The van der Waals surface area contributed by atoms with E-state index in [1.165, 1.54) is 0 Å². The molecule has 1 aliphatic heterocycles. The second-order valence-electron chi connectivity index (χ2n) is 5.79. The highest BCUT2D eigenvalue weighted by Crippen LogP contribution is 2.35. The van der Waals surface area contributed by atoms with Crippen LogP contribution in [0.2, 0.25) is 0 Å². The topological polar surface area (TPSA) is 116 Å². The van der Waals surface area contributed by atoms with Crippen LogP contribution in [0.3, 0.4) is 0 Å². The molecular weight excluding hydrogens is 320 g/mol. The highest BCUT2D eigenvalue weighted by molar-refractivity contribution is 7.83. The lowest BCUT2D eigenvalue weighted by atomic mass is 9.93. The Kier molecular flexibility index (Phi) is 3.15.